The van der Waals surface area contributed by atoms with Gasteiger partial charge in [-0.3, -0.25) is 4.79 Å². The average molecular weight is 428 g/mol. The molecule has 166 valence electrons. The van der Waals surface area contributed by atoms with E-state index in [2.05, 4.69) is 4.90 Å². The molecule has 1 atom stereocenters. The Morgan fingerprint density at radius 1 is 1.30 bits per heavy atom. The second-order valence-corrected chi connectivity index (χ2v) is 7.92. The Morgan fingerprint density at radius 3 is 2.57 bits per heavy atom. The highest BCUT2D eigenvalue weighted by Crippen LogP contribution is 2.40. The molecule has 9 heteroatoms. The molecule has 0 aromatic heterocycles. The first-order valence-electron chi connectivity index (χ1n) is 10.2. The second-order valence-electron chi connectivity index (χ2n) is 7.92. The number of benzene rings is 1. The molecule has 2 heterocycles. The number of amides is 1. The fraction of sp³-hybridized carbons (Fsp3) is 0.619. The summed E-state index contributed by atoms with van der Waals surface area (Å²) < 4.78 is 50.6. The van der Waals surface area contributed by atoms with Crippen molar-refractivity contribution in [3.05, 3.63) is 35.4 Å². The molecule has 6 nitrogen and oxygen atoms in total. The smallest absolute Gasteiger partial charge is 0.416 e. The monoisotopic (exact) mass is 428 g/mol. The van der Waals surface area contributed by atoms with E-state index in [1.807, 2.05) is 0 Å². The maximum absolute atomic E-state index is 13.2. The number of piperidine rings is 1. The number of likely N-dealkylation sites (tertiary alicyclic amines) is 1. The van der Waals surface area contributed by atoms with Gasteiger partial charge in [0.15, 0.2) is 0 Å². The lowest BCUT2D eigenvalue weighted by molar-refractivity contribution is -0.166. The number of hydrogen-bond donors (Lipinski definition) is 0. The molecule has 1 amide bonds. The molecule has 0 aliphatic carbocycles. The quantitative estimate of drug-likeness (QED) is 0.646. The Hall–Kier alpha value is -2.29. The maximum atomic E-state index is 13.2. The summed E-state index contributed by atoms with van der Waals surface area (Å²) in [6, 6.07) is 5.07. The molecule has 2 aliphatic rings. The molecule has 1 aromatic carbocycles. The molecule has 0 unspecified atom stereocenters. The normalized spacial score (nSPS) is 22.1. The van der Waals surface area contributed by atoms with Crippen molar-refractivity contribution in [2.75, 3.05) is 33.2 Å². The number of carbonyl (C=O) groups is 2. The third-order valence-electron chi connectivity index (χ3n) is 5.80. The zero-order valence-electron chi connectivity index (χ0n) is 17.2. The molecule has 0 bridgehead atoms. The van der Waals surface area contributed by atoms with Gasteiger partial charge in [0.1, 0.15) is 11.7 Å². The Bertz CT molecular complexity index is 776. The van der Waals surface area contributed by atoms with Gasteiger partial charge in [0.05, 0.1) is 12.1 Å². The summed E-state index contributed by atoms with van der Waals surface area (Å²) in [4.78, 5) is 27.2. The van der Waals surface area contributed by atoms with Crippen molar-refractivity contribution < 1.29 is 32.2 Å². The van der Waals surface area contributed by atoms with Crippen molar-refractivity contribution in [1.82, 2.24) is 9.80 Å². The van der Waals surface area contributed by atoms with Crippen LogP contribution in [0.4, 0.5) is 18.0 Å². The van der Waals surface area contributed by atoms with Crippen LogP contribution in [0.3, 0.4) is 0 Å². The van der Waals surface area contributed by atoms with Crippen LogP contribution in [0.25, 0.3) is 0 Å². The van der Waals surface area contributed by atoms with Crippen LogP contribution in [0.1, 0.15) is 43.7 Å². The summed E-state index contributed by atoms with van der Waals surface area (Å²) >= 11 is 0. The summed E-state index contributed by atoms with van der Waals surface area (Å²) in [6.07, 6.45) is -3.29. The Balaban J connectivity index is 1.69. The standard InChI is InChI=1S/C21H27F3N2O4/c1-3-18(27)30-20(15-5-4-6-16(13-15)21(22,23)24)8-11-26(12-9-20)10-7-17-14-25(2)19(28)29-17/h4-6,13,17H,3,7-12,14H2,1-2H3/t17-/m0/s1. The predicted octanol–water partition coefficient (Wildman–Crippen LogP) is 3.79. The summed E-state index contributed by atoms with van der Waals surface area (Å²) in [5.74, 6) is -0.429. The molecular weight excluding hydrogens is 401 g/mol. The number of esters is 1. The molecule has 2 fully saturated rings. The number of hydrogen-bond acceptors (Lipinski definition) is 5. The van der Waals surface area contributed by atoms with Crippen LogP contribution in [0.15, 0.2) is 24.3 Å². The van der Waals surface area contributed by atoms with Crippen molar-refractivity contribution in [3.63, 3.8) is 0 Å². The molecule has 30 heavy (non-hydrogen) atoms. The van der Waals surface area contributed by atoms with E-state index >= 15 is 0 Å². The Labute approximate surface area is 173 Å². The number of nitrogens with zero attached hydrogens (tertiary/aromatic N) is 2. The van der Waals surface area contributed by atoms with Gasteiger partial charge in [-0.15, -0.1) is 0 Å². The number of halogens is 3. The first-order valence-corrected chi connectivity index (χ1v) is 10.2. The third kappa shape index (κ3) is 5.06. The van der Waals surface area contributed by atoms with Gasteiger partial charge in [-0.1, -0.05) is 19.1 Å². The molecule has 0 saturated carbocycles. The second kappa shape index (κ2) is 8.83. The van der Waals surface area contributed by atoms with Crippen molar-refractivity contribution in [2.45, 2.75) is 50.5 Å². The first-order chi connectivity index (χ1) is 14.1. The third-order valence-corrected chi connectivity index (χ3v) is 5.80. The van der Waals surface area contributed by atoms with Gasteiger partial charge in [-0.05, 0) is 24.1 Å². The number of alkyl halides is 3. The summed E-state index contributed by atoms with van der Waals surface area (Å²) in [5, 5.41) is 0. The number of rotatable bonds is 6. The minimum atomic E-state index is -4.46. The van der Waals surface area contributed by atoms with Gasteiger partial charge in [-0.25, -0.2) is 4.79 Å². The van der Waals surface area contributed by atoms with Crippen molar-refractivity contribution in [1.29, 1.82) is 0 Å². The van der Waals surface area contributed by atoms with Gasteiger partial charge >= 0.3 is 18.2 Å². The number of cyclic esters (lactones) is 1. The lowest BCUT2D eigenvalue weighted by Crippen LogP contribution is -2.46. The Kier molecular flexibility index (Phi) is 6.59. The van der Waals surface area contributed by atoms with Crippen molar-refractivity contribution >= 4 is 12.1 Å². The van der Waals surface area contributed by atoms with E-state index in [0.717, 1.165) is 12.1 Å². The molecule has 1 aromatic rings. The largest absolute Gasteiger partial charge is 0.454 e. The van der Waals surface area contributed by atoms with Crippen LogP contribution in [0.2, 0.25) is 0 Å². The first kappa shape index (κ1) is 22.4. The van der Waals surface area contributed by atoms with Crippen LogP contribution < -0.4 is 0 Å². The zero-order chi connectivity index (χ0) is 21.9. The number of ether oxygens (including phenoxy) is 2. The van der Waals surface area contributed by atoms with Crippen LogP contribution >= 0.6 is 0 Å². The van der Waals surface area contributed by atoms with Crippen molar-refractivity contribution in [3.8, 4) is 0 Å². The van der Waals surface area contributed by atoms with E-state index in [9.17, 15) is 22.8 Å². The minimum Gasteiger partial charge on any atom is -0.454 e. The van der Waals surface area contributed by atoms with E-state index in [1.54, 1.807) is 20.0 Å². The van der Waals surface area contributed by atoms with Crippen LogP contribution in [0, 0.1) is 0 Å². The van der Waals surface area contributed by atoms with E-state index in [4.69, 9.17) is 9.47 Å². The van der Waals surface area contributed by atoms with Gasteiger partial charge in [0.2, 0.25) is 0 Å². The number of carbonyl (C=O) groups excluding carboxylic acids is 2. The van der Waals surface area contributed by atoms with Gasteiger partial charge in [-0.2, -0.15) is 13.2 Å². The zero-order valence-corrected chi connectivity index (χ0v) is 17.2. The van der Waals surface area contributed by atoms with E-state index in [0.29, 0.717) is 51.0 Å². The van der Waals surface area contributed by atoms with E-state index in [-0.39, 0.29) is 18.6 Å². The topological polar surface area (TPSA) is 59.1 Å². The molecule has 3 rings (SSSR count). The summed E-state index contributed by atoms with van der Waals surface area (Å²) in [6.45, 7) is 4.06. The molecule has 2 aliphatic heterocycles. The molecule has 0 N–H and O–H groups in total. The minimum absolute atomic E-state index is 0.157. The average Bonchev–Trinajstić information content (AvgIpc) is 3.04. The SMILES string of the molecule is CCC(=O)OC1(c2cccc(C(F)(F)F)c2)CCN(CC[C@H]2CN(C)C(=O)O2)CC1. The van der Waals surface area contributed by atoms with E-state index < -0.39 is 23.3 Å². The van der Waals surface area contributed by atoms with Gasteiger partial charge in [0, 0.05) is 45.9 Å². The predicted molar refractivity (Wildman–Crippen MR) is 103 cm³/mol. The number of likely N-dealkylation sites (N-methyl/N-ethyl adjacent to an activating group) is 1. The fourth-order valence-corrected chi connectivity index (χ4v) is 3.98. The summed E-state index contributed by atoms with van der Waals surface area (Å²) in [5.41, 5.74) is -1.43. The highest BCUT2D eigenvalue weighted by Gasteiger charge is 2.41. The molecular formula is C21H27F3N2O4. The van der Waals surface area contributed by atoms with Crippen LogP contribution in [-0.2, 0) is 26.0 Å². The lowest BCUT2D eigenvalue weighted by Gasteiger charge is -2.42. The lowest BCUT2D eigenvalue weighted by atomic mass is 9.83. The maximum Gasteiger partial charge on any atom is 0.416 e. The Morgan fingerprint density at radius 2 is 2.00 bits per heavy atom. The highest BCUT2D eigenvalue weighted by molar-refractivity contribution is 5.70. The molecule has 2 saturated heterocycles. The fourth-order valence-electron chi connectivity index (χ4n) is 3.98. The molecule has 0 radical (unpaired) electrons. The van der Waals surface area contributed by atoms with Crippen LogP contribution in [-0.4, -0.2) is 61.2 Å². The molecule has 0 spiro atoms. The van der Waals surface area contributed by atoms with Crippen molar-refractivity contribution in [2.24, 2.45) is 0 Å². The summed E-state index contributed by atoms with van der Waals surface area (Å²) in [7, 11) is 1.69. The highest BCUT2D eigenvalue weighted by atomic mass is 19.4. The van der Waals surface area contributed by atoms with Gasteiger partial charge in [0.25, 0.3) is 0 Å². The van der Waals surface area contributed by atoms with E-state index in [1.165, 1.54) is 11.0 Å². The van der Waals surface area contributed by atoms with Crippen LogP contribution in [0.5, 0.6) is 0 Å². The van der Waals surface area contributed by atoms with Gasteiger partial charge < -0.3 is 19.3 Å².